The fourth-order valence-corrected chi connectivity index (χ4v) is 2.10. The normalized spacial score (nSPS) is 23.6. The van der Waals surface area contributed by atoms with E-state index in [1.807, 2.05) is 36.4 Å². The smallest absolute Gasteiger partial charge is 0.158 e. The predicted octanol–water partition coefficient (Wildman–Crippen LogP) is 2.80. The van der Waals surface area contributed by atoms with Crippen molar-refractivity contribution < 1.29 is 9.15 Å². The summed E-state index contributed by atoms with van der Waals surface area (Å²) < 4.78 is 11.2. The summed E-state index contributed by atoms with van der Waals surface area (Å²) in [5, 5.41) is 0. The minimum atomic E-state index is -0.0695. The summed E-state index contributed by atoms with van der Waals surface area (Å²) >= 11 is 0. The van der Waals surface area contributed by atoms with Crippen LogP contribution in [0.25, 0.3) is 0 Å². The molecule has 2 aromatic rings. The maximum absolute atomic E-state index is 6.12. The molecule has 1 aromatic carbocycles. The first kappa shape index (κ1) is 9.48. The Morgan fingerprint density at radius 3 is 2.81 bits per heavy atom. The van der Waals surface area contributed by atoms with Crippen molar-refractivity contribution in [2.45, 2.75) is 18.6 Å². The number of furan rings is 1. The Morgan fingerprint density at radius 1 is 1.12 bits per heavy atom. The van der Waals surface area contributed by atoms with E-state index in [-0.39, 0.29) is 12.1 Å². The quantitative estimate of drug-likeness (QED) is 0.795. The van der Waals surface area contributed by atoms with Gasteiger partial charge in [-0.2, -0.15) is 0 Å². The molecule has 3 rings (SSSR count). The summed E-state index contributed by atoms with van der Waals surface area (Å²) in [6.45, 7) is 0. The zero-order chi connectivity index (χ0) is 11.0. The lowest BCUT2D eigenvalue weighted by molar-refractivity contribution is 0.137. The minimum absolute atomic E-state index is 0.0139. The Labute approximate surface area is 93.8 Å². The van der Waals surface area contributed by atoms with Gasteiger partial charge in [-0.25, -0.2) is 0 Å². The highest BCUT2D eigenvalue weighted by Crippen LogP contribution is 2.39. The second-order valence-corrected chi connectivity index (χ2v) is 4.00. The number of para-hydroxylation sites is 1. The molecule has 0 aliphatic carbocycles. The largest absolute Gasteiger partial charge is 0.482 e. The maximum atomic E-state index is 6.12. The lowest BCUT2D eigenvalue weighted by Gasteiger charge is -2.28. The Balaban J connectivity index is 1.95. The first-order valence-electron chi connectivity index (χ1n) is 5.39. The van der Waals surface area contributed by atoms with Crippen LogP contribution in [0, 0.1) is 0 Å². The van der Waals surface area contributed by atoms with Gasteiger partial charge in [-0.05, 0) is 18.2 Å². The van der Waals surface area contributed by atoms with Gasteiger partial charge in [0.2, 0.25) is 0 Å². The SMILES string of the molecule is NC1CC(c2ccco2)Oc2ccccc21. The molecular formula is C13H13NO2. The molecule has 0 fully saturated rings. The van der Waals surface area contributed by atoms with Crippen LogP contribution in [-0.4, -0.2) is 0 Å². The molecule has 1 aromatic heterocycles. The predicted molar refractivity (Wildman–Crippen MR) is 60.1 cm³/mol. The van der Waals surface area contributed by atoms with Crippen LogP contribution in [-0.2, 0) is 0 Å². The van der Waals surface area contributed by atoms with Crippen molar-refractivity contribution in [2.75, 3.05) is 0 Å². The van der Waals surface area contributed by atoms with E-state index in [9.17, 15) is 0 Å². The van der Waals surface area contributed by atoms with E-state index in [1.165, 1.54) is 0 Å². The molecule has 1 aliphatic heterocycles. The molecule has 1 aliphatic rings. The van der Waals surface area contributed by atoms with Crippen LogP contribution < -0.4 is 10.5 Å². The van der Waals surface area contributed by atoms with Gasteiger partial charge in [-0.1, -0.05) is 18.2 Å². The molecular weight excluding hydrogens is 202 g/mol. The average molecular weight is 215 g/mol. The third-order valence-corrected chi connectivity index (χ3v) is 2.92. The lowest BCUT2D eigenvalue weighted by atomic mass is 9.96. The summed E-state index contributed by atoms with van der Waals surface area (Å²) in [6.07, 6.45) is 2.34. The van der Waals surface area contributed by atoms with Crippen molar-refractivity contribution >= 4 is 0 Å². The first-order chi connectivity index (χ1) is 7.84. The van der Waals surface area contributed by atoms with Crippen LogP contribution in [0.1, 0.15) is 29.9 Å². The summed E-state index contributed by atoms with van der Waals surface area (Å²) in [5.74, 6) is 1.70. The standard InChI is InChI=1S/C13H13NO2/c14-10-8-13(12-6-3-7-15-12)16-11-5-2-1-4-9(10)11/h1-7,10,13H,8,14H2. The molecule has 2 heterocycles. The average Bonchev–Trinajstić information content (AvgIpc) is 2.82. The second-order valence-electron chi connectivity index (χ2n) is 4.00. The van der Waals surface area contributed by atoms with Crippen LogP contribution in [0.3, 0.4) is 0 Å². The Morgan fingerprint density at radius 2 is 2.00 bits per heavy atom. The Bertz CT molecular complexity index is 478. The summed E-state index contributed by atoms with van der Waals surface area (Å²) in [6, 6.07) is 11.7. The molecule has 82 valence electrons. The molecule has 2 unspecified atom stereocenters. The molecule has 0 spiro atoms. The van der Waals surface area contributed by atoms with E-state index in [4.69, 9.17) is 14.9 Å². The van der Waals surface area contributed by atoms with Gasteiger partial charge in [-0.15, -0.1) is 0 Å². The van der Waals surface area contributed by atoms with Gasteiger partial charge in [0.25, 0.3) is 0 Å². The number of fused-ring (bicyclic) bond motifs is 1. The molecule has 2 N–H and O–H groups in total. The fraction of sp³-hybridized carbons (Fsp3) is 0.231. The van der Waals surface area contributed by atoms with E-state index in [2.05, 4.69) is 0 Å². The zero-order valence-electron chi connectivity index (χ0n) is 8.80. The molecule has 3 nitrogen and oxygen atoms in total. The molecule has 0 saturated heterocycles. The first-order valence-corrected chi connectivity index (χ1v) is 5.39. The van der Waals surface area contributed by atoms with Gasteiger partial charge in [0.05, 0.1) is 6.26 Å². The van der Waals surface area contributed by atoms with Gasteiger partial charge >= 0.3 is 0 Å². The van der Waals surface area contributed by atoms with Crippen LogP contribution in [0.4, 0.5) is 0 Å². The highest BCUT2D eigenvalue weighted by molar-refractivity contribution is 5.38. The van der Waals surface area contributed by atoms with Crippen LogP contribution in [0.15, 0.2) is 47.1 Å². The molecule has 2 atom stereocenters. The second kappa shape index (κ2) is 3.68. The van der Waals surface area contributed by atoms with Crippen molar-refractivity contribution in [1.29, 1.82) is 0 Å². The molecule has 3 heteroatoms. The van der Waals surface area contributed by atoms with Crippen molar-refractivity contribution in [1.82, 2.24) is 0 Å². The van der Waals surface area contributed by atoms with Crippen molar-refractivity contribution in [3.8, 4) is 5.75 Å². The fourth-order valence-electron chi connectivity index (χ4n) is 2.10. The maximum Gasteiger partial charge on any atom is 0.158 e. The van der Waals surface area contributed by atoms with Crippen LogP contribution >= 0.6 is 0 Å². The van der Waals surface area contributed by atoms with Gasteiger partial charge in [-0.3, -0.25) is 0 Å². The van der Waals surface area contributed by atoms with E-state index >= 15 is 0 Å². The number of rotatable bonds is 1. The van der Waals surface area contributed by atoms with Gasteiger partial charge in [0, 0.05) is 18.0 Å². The number of hydrogen-bond acceptors (Lipinski definition) is 3. The van der Waals surface area contributed by atoms with Gasteiger partial charge < -0.3 is 14.9 Å². The van der Waals surface area contributed by atoms with Gasteiger partial charge in [0.15, 0.2) is 6.10 Å². The van der Waals surface area contributed by atoms with Crippen LogP contribution in [0.2, 0.25) is 0 Å². The number of ether oxygens (including phenoxy) is 1. The zero-order valence-corrected chi connectivity index (χ0v) is 8.80. The van der Waals surface area contributed by atoms with Crippen LogP contribution in [0.5, 0.6) is 5.75 Å². The highest BCUT2D eigenvalue weighted by atomic mass is 16.5. The van der Waals surface area contributed by atoms with Crippen molar-refractivity contribution in [2.24, 2.45) is 5.73 Å². The molecule has 0 amide bonds. The summed E-state index contributed by atoms with van der Waals surface area (Å²) in [7, 11) is 0. The minimum Gasteiger partial charge on any atom is -0.482 e. The third-order valence-electron chi connectivity index (χ3n) is 2.92. The monoisotopic (exact) mass is 215 g/mol. The summed E-state index contributed by atoms with van der Waals surface area (Å²) in [5.41, 5.74) is 7.20. The van der Waals surface area contributed by atoms with Crippen molar-refractivity contribution in [3.63, 3.8) is 0 Å². The molecule has 0 bridgehead atoms. The van der Waals surface area contributed by atoms with E-state index in [1.54, 1.807) is 6.26 Å². The van der Waals surface area contributed by atoms with Gasteiger partial charge in [0.1, 0.15) is 11.5 Å². The lowest BCUT2D eigenvalue weighted by Crippen LogP contribution is -2.23. The van der Waals surface area contributed by atoms with E-state index in [0.29, 0.717) is 0 Å². The third kappa shape index (κ3) is 1.49. The molecule has 0 radical (unpaired) electrons. The van der Waals surface area contributed by atoms with Crippen molar-refractivity contribution in [3.05, 3.63) is 54.0 Å². The molecule has 0 saturated carbocycles. The number of nitrogens with two attached hydrogens (primary N) is 1. The summed E-state index contributed by atoms with van der Waals surface area (Å²) in [4.78, 5) is 0. The Hall–Kier alpha value is -1.74. The molecule has 16 heavy (non-hydrogen) atoms. The van der Waals surface area contributed by atoms with E-state index in [0.717, 1.165) is 23.5 Å². The number of benzene rings is 1. The number of hydrogen-bond donors (Lipinski definition) is 1. The van der Waals surface area contributed by atoms with E-state index < -0.39 is 0 Å². The Kier molecular flexibility index (Phi) is 2.18. The highest BCUT2D eigenvalue weighted by Gasteiger charge is 2.28. The topological polar surface area (TPSA) is 48.4 Å².